The Morgan fingerprint density at radius 3 is 2.55 bits per heavy atom. The molecule has 1 atom stereocenters. The third-order valence-corrected chi connectivity index (χ3v) is 4.00. The van der Waals surface area contributed by atoms with E-state index in [-0.39, 0.29) is 6.04 Å². The van der Waals surface area contributed by atoms with Crippen molar-refractivity contribution in [2.45, 2.75) is 18.6 Å². The molecular formula is C16H13BrF3NO. The lowest BCUT2D eigenvalue weighted by Gasteiger charge is -2.27. The fourth-order valence-electron chi connectivity index (χ4n) is 2.42. The van der Waals surface area contributed by atoms with Crippen molar-refractivity contribution in [1.29, 1.82) is 0 Å². The molecule has 0 aliphatic carbocycles. The van der Waals surface area contributed by atoms with Crippen LogP contribution in [0, 0.1) is 0 Å². The molecule has 0 bridgehead atoms. The number of benzene rings is 2. The summed E-state index contributed by atoms with van der Waals surface area (Å²) in [5.74, 6) is 0.784. The maximum absolute atomic E-state index is 12.5. The monoisotopic (exact) mass is 371 g/mol. The van der Waals surface area contributed by atoms with Crippen molar-refractivity contribution in [1.82, 2.24) is 0 Å². The minimum atomic E-state index is -4.30. The molecule has 0 unspecified atom stereocenters. The van der Waals surface area contributed by atoms with Gasteiger partial charge in [-0.2, -0.15) is 13.2 Å². The van der Waals surface area contributed by atoms with E-state index in [0.29, 0.717) is 13.0 Å². The summed E-state index contributed by atoms with van der Waals surface area (Å²) in [4.78, 5) is 0. The molecule has 2 nitrogen and oxygen atoms in total. The quantitative estimate of drug-likeness (QED) is 0.811. The first-order chi connectivity index (χ1) is 10.4. The molecule has 0 amide bonds. The lowest BCUT2D eigenvalue weighted by Crippen LogP contribution is -2.33. The minimum Gasteiger partial charge on any atom is -0.489 e. The van der Waals surface area contributed by atoms with Crippen molar-refractivity contribution < 1.29 is 17.9 Å². The summed E-state index contributed by atoms with van der Waals surface area (Å²) in [6, 6.07) is 11.0. The van der Waals surface area contributed by atoms with Crippen LogP contribution in [0.25, 0.3) is 0 Å². The van der Waals surface area contributed by atoms with E-state index in [1.165, 1.54) is 12.1 Å². The first-order valence-corrected chi connectivity index (χ1v) is 7.56. The second-order valence-corrected chi connectivity index (χ2v) is 6.11. The van der Waals surface area contributed by atoms with Gasteiger partial charge >= 0.3 is 6.18 Å². The Kier molecular flexibility index (Phi) is 4.04. The van der Waals surface area contributed by atoms with Crippen molar-refractivity contribution in [3.8, 4) is 5.75 Å². The maximum atomic E-state index is 12.5. The Labute approximate surface area is 134 Å². The second-order valence-electron chi connectivity index (χ2n) is 5.19. The van der Waals surface area contributed by atoms with Crippen LogP contribution in [0.5, 0.6) is 5.75 Å². The lowest BCUT2D eigenvalue weighted by atomic mass is 10.0. The van der Waals surface area contributed by atoms with Crippen LogP contribution < -0.4 is 10.1 Å². The SMILES string of the molecule is FC(F)(F)c1ccc(C[C@H]2COc3ccc(Br)cc3N2)cc1. The number of nitrogens with one attached hydrogen (secondary N) is 1. The van der Waals surface area contributed by atoms with E-state index < -0.39 is 11.7 Å². The number of ether oxygens (including phenoxy) is 1. The van der Waals surface area contributed by atoms with Gasteiger partial charge in [0.05, 0.1) is 17.3 Å². The van der Waals surface area contributed by atoms with E-state index in [4.69, 9.17) is 4.74 Å². The number of alkyl halides is 3. The normalized spacial score (nSPS) is 17.4. The third kappa shape index (κ3) is 3.38. The number of anilines is 1. The Bertz CT molecular complexity index is 670. The van der Waals surface area contributed by atoms with E-state index >= 15 is 0 Å². The van der Waals surface area contributed by atoms with E-state index in [2.05, 4.69) is 21.2 Å². The summed E-state index contributed by atoms with van der Waals surface area (Å²) in [7, 11) is 0. The molecule has 0 spiro atoms. The second kappa shape index (κ2) is 5.83. The molecule has 0 aromatic heterocycles. The van der Waals surface area contributed by atoms with Gasteiger partial charge in [0.2, 0.25) is 0 Å². The molecule has 2 aromatic carbocycles. The summed E-state index contributed by atoms with van der Waals surface area (Å²) in [6.07, 6.45) is -3.69. The number of rotatable bonds is 2. The molecule has 0 saturated heterocycles. The standard InChI is InChI=1S/C16H13BrF3NO/c17-12-5-6-15-14(8-12)21-13(9-22-15)7-10-1-3-11(4-2-10)16(18,19)20/h1-6,8,13,21H,7,9H2/t13-/m0/s1. The van der Waals surface area contributed by atoms with Gasteiger partial charge in [0.15, 0.2) is 0 Å². The van der Waals surface area contributed by atoms with Gasteiger partial charge in [0, 0.05) is 4.47 Å². The topological polar surface area (TPSA) is 21.3 Å². The zero-order chi connectivity index (χ0) is 15.7. The molecule has 0 radical (unpaired) electrons. The van der Waals surface area contributed by atoms with E-state index in [1.807, 2.05) is 18.2 Å². The van der Waals surface area contributed by atoms with Crippen LogP contribution in [-0.4, -0.2) is 12.6 Å². The molecule has 0 fully saturated rings. The smallest absolute Gasteiger partial charge is 0.416 e. The first-order valence-electron chi connectivity index (χ1n) is 6.77. The van der Waals surface area contributed by atoms with Gasteiger partial charge in [-0.05, 0) is 42.3 Å². The van der Waals surface area contributed by atoms with E-state index in [0.717, 1.165) is 33.6 Å². The van der Waals surface area contributed by atoms with Gasteiger partial charge in [-0.1, -0.05) is 28.1 Å². The largest absolute Gasteiger partial charge is 0.489 e. The van der Waals surface area contributed by atoms with Crippen molar-refractivity contribution in [2.24, 2.45) is 0 Å². The molecule has 2 aromatic rings. The minimum absolute atomic E-state index is 0.0264. The highest BCUT2D eigenvalue weighted by molar-refractivity contribution is 9.10. The maximum Gasteiger partial charge on any atom is 0.416 e. The van der Waals surface area contributed by atoms with E-state index in [9.17, 15) is 13.2 Å². The van der Waals surface area contributed by atoms with Crippen LogP contribution in [0.15, 0.2) is 46.9 Å². The number of hydrogen-bond donors (Lipinski definition) is 1. The molecule has 116 valence electrons. The summed E-state index contributed by atoms with van der Waals surface area (Å²) >= 11 is 3.40. The van der Waals surface area contributed by atoms with Gasteiger partial charge < -0.3 is 10.1 Å². The number of hydrogen-bond acceptors (Lipinski definition) is 2. The van der Waals surface area contributed by atoms with Crippen LogP contribution in [0.1, 0.15) is 11.1 Å². The third-order valence-electron chi connectivity index (χ3n) is 3.50. The predicted octanol–water partition coefficient (Wildman–Crippen LogP) is 4.88. The van der Waals surface area contributed by atoms with Gasteiger partial charge in [-0.3, -0.25) is 0 Å². The summed E-state index contributed by atoms with van der Waals surface area (Å²) in [5, 5.41) is 3.35. The average Bonchev–Trinajstić information content (AvgIpc) is 2.46. The van der Waals surface area contributed by atoms with Crippen molar-refractivity contribution in [2.75, 3.05) is 11.9 Å². The van der Waals surface area contributed by atoms with Gasteiger partial charge in [0.1, 0.15) is 12.4 Å². The predicted molar refractivity (Wildman–Crippen MR) is 82.2 cm³/mol. The van der Waals surface area contributed by atoms with E-state index in [1.54, 1.807) is 0 Å². The molecule has 22 heavy (non-hydrogen) atoms. The highest BCUT2D eigenvalue weighted by Crippen LogP contribution is 2.33. The molecule has 1 heterocycles. The summed E-state index contributed by atoms with van der Waals surface area (Å²) in [6.45, 7) is 0.482. The zero-order valence-corrected chi connectivity index (χ0v) is 13.0. The molecule has 3 rings (SSSR count). The van der Waals surface area contributed by atoms with Gasteiger partial charge in [-0.15, -0.1) is 0 Å². The molecule has 6 heteroatoms. The van der Waals surface area contributed by atoms with Crippen LogP contribution in [0.2, 0.25) is 0 Å². The Morgan fingerprint density at radius 1 is 1.14 bits per heavy atom. The molecule has 1 aliphatic rings. The zero-order valence-electron chi connectivity index (χ0n) is 11.5. The molecular weight excluding hydrogens is 359 g/mol. The number of halogens is 4. The summed E-state index contributed by atoms with van der Waals surface area (Å²) in [5.41, 5.74) is 1.10. The highest BCUT2D eigenvalue weighted by Gasteiger charge is 2.30. The lowest BCUT2D eigenvalue weighted by molar-refractivity contribution is -0.137. The van der Waals surface area contributed by atoms with Crippen LogP contribution in [0.4, 0.5) is 18.9 Å². The Hall–Kier alpha value is -1.69. The van der Waals surface area contributed by atoms with Crippen LogP contribution in [0.3, 0.4) is 0 Å². The highest BCUT2D eigenvalue weighted by atomic mass is 79.9. The Balaban J connectivity index is 1.69. The summed E-state index contributed by atoms with van der Waals surface area (Å²) < 4.78 is 44.3. The van der Waals surface area contributed by atoms with Crippen molar-refractivity contribution in [3.63, 3.8) is 0 Å². The molecule has 1 aliphatic heterocycles. The van der Waals surface area contributed by atoms with Crippen LogP contribution in [-0.2, 0) is 12.6 Å². The van der Waals surface area contributed by atoms with Gasteiger partial charge in [-0.25, -0.2) is 0 Å². The van der Waals surface area contributed by atoms with Crippen molar-refractivity contribution >= 4 is 21.6 Å². The molecule has 1 N–H and O–H groups in total. The number of fused-ring (bicyclic) bond motifs is 1. The Morgan fingerprint density at radius 2 is 1.86 bits per heavy atom. The van der Waals surface area contributed by atoms with Crippen LogP contribution >= 0.6 is 15.9 Å². The molecule has 0 saturated carbocycles. The van der Waals surface area contributed by atoms with Gasteiger partial charge in [0.25, 0.3) is 0 Å². The average molecular weight is 372 g/mol. The fourth-order valence-corrected chi connectivity index (χ4v) is 2.78. The fraction of sp³-hybridized carbons (Fsp3) is 0.250. The first kappa shape index (κ1) is 15.2. The van der Waals surface area contributed by atoms with Crippen molar-refractivity contribution in [3.05, 3.63) is 58.1 Å².